The van der Waals surface area contributed by atoms with Crippen molar-refractivity contribution < 1.29 is 33.8 Å². The number of fused-ring (bicyclic) bond motifs is 3. The third kappa shape index (κ3) is 11.6. The first kappa shape index (κ1) is 51.9. The number of benzene rings is 3. The van der Waals surface area contributed by atoms with Gasteiger partial charge in [-0.2, -0.15) is 0 Å². The van der Waals surface area contributed by atoms with Gasteiger partial charge in [0.1, 0.15) is 46.6 Å². The molecule has 0 saturated carbocycles. The van der Waals surface area contributed by atoms with Gasteiger partial charge in [0.05, 0.1) is 46.9 Å². The number of aryl methyl sites for hydroxylation is 3. The second-order valence-electron chi connectivity index (χ2n) is 19.5. The number of aromatic nitrogens is 4. The Labute approximate surface area is 432 Å². The van der Waals surface area contributed by atoms with Gasteiger partial charge in [0.2, 0.25) is 17.7 Å². The molecule has 6 atom stereocenters. The van der Waals surface area contributed by atoms with Crippen LogP contribution in [0.3, 0.4) is 0 Å². The summed E-state index contributed by atoms with van der Waals surface area (Å²) in [4.78, 5) is 68.0. The van der Waals surface area contributed by atoms with E-state index in [0.29, 0.717) is 28.2 Å². The van der Waals surface area contributed by atoms with Crippen LogP contribution in [0.25, 0.3) is 15.4 Å². The Balaban J connectivity index is 0.828. The molecule has 0 aliphatic carbocycles. The Hall–Kier alpha value is -6.47. The van der Waals surface area contributed by atoms with Crippen molar-refractivity contribution in [1.82, 2.24) is 40.6 Å². The van der Waals surface area contributed by atoms with Crippen molar-refractivity contribution in [2.45, 2.75) is 112 Å². The molecule has 5 heterocycles. The van der Waals surface area contributed by atoms with E-state index in [0.717, 1.165) is 54.0 Å². The highest BCUT2D eigenvalue weighted by molar-refractivity contribution is 7.15. The van der Waals surface area contributed by atoms with Crippen LogP contribution in [0.4, 0.5) is 0 Å². The maximum absolute atomic E-state index is 14.2. The van der Waals surface area contributed by atoms with Crippen LogP contribution >= 0.6 is 34.3 Å². The number of carbonyl (C=O) groups is 4. The zero-order chi connectivity index (χ0) is 51.6. The Morgan fingerprint density at radius 2 is 1.57 bits per heavy atom. The summed E-state index contributed by atoms with van der Waals surface area (Å²) in [6.07, 6.45) is -1.22. The van der Waals surface area contributed by atoms with Crippen molar-refractivity contribution in [3.63, 3.8) is 0 Å². The molecule has 0 radical (unpaired) electrons. The molecule has 1 unspecified atom stereocenters. The number of ether oxygens (including phenoxy) is 2. The molecule has 1 saturated heterocycles. The number of thiophene rings is 1. The molecule has 0 bridgehead atoms. The minimum atomic E-state index is -1.02. The van der Waals surface area contributed by atoms with Gasteiger partial charge in [-0.05, 0) is 100 Å². The quantitative estimate of drug-likeness (QED) is 0.0737. The van der Waals surface area contributed by atoms with Gasteiger partial charge in [0.25, 0.3) is 5.91 Å². The largest absolute Gasteiger partial charge is 0.489 e. The van der Waals surface area contributed by atoms with E-state index in [4.69, 9.17) is 26.1 Å². The van der Waals surface area contributed by atoms with Crippen molar-refractivity contribution in [2.24, 2.45) is 10.4 Å². The van der Waals surface area contributed by atoms with E-state index in [9.17, 15) is 24.3 Å². The van der Waals surface area contributed by atoms with Crippen molar-refractivity contribution in [2.75, 3.05) is 19.7 Å². The summed E-state index contributed by atoms with van der Waals surface area (Å²) in [5.41, 5.74) is 7.68. The van der Waals surface area contributed by atoms with Gasteiger partial charge < -0.3 is 35.4 Å². The van der Waals surface area contributed by atoms with Gasteiger partial charge in [0.15, 0.2) is 12.4 Å². The maximum atomic E-state index is 14.2. The Morgan fingerprint density at radius 1 is 0.889 bits per heavy atom. The normalized spacial score (nSPS) is 17.7. The molecule has 6 aromatic rings. The first-order valence-electron chi connectivity index (χ1n) is 23.9. The predicted molar refractivity (Wildman–Crippen MR) is 279 cm³/mol. The number of likely N-dealkylation sites (tertiary alicyclic amines) is 1. The van der Waals surface area contributed by atoms with Crippen molar-refractivity contribution in [1.29, 1.82) is 0 Å². The molecule has 3 aromatic heterocycles. The number of hydrogen-bond donors (Lipinski definition) is 4. The van der Waals surface area contributed by atoms with Crippen LogP contribution in [-0.2, 0) is 19.2 Å². The first-order valence-corrected chi connectivity index (χ1v) is 25.9. The number of β-amino-alcohol motifs (C(OH)–C–C–N with tert-alkyl or cyclic N) is 1. The van der Waals surface area contributed by atoms with E-state index in [1.165, 1.54) is 4.90 Å². The van der Waals surface area contributed by atoms with Crippen molar-refractivity contribution in [3.05, 3.63) is 128 Å². The van der Waals surface area contributed by atoms with Gasteiger partial charge in [-0.3, -0.25) is 28.7 Å². The number of halogens is 1. The summed E-state index contributed by atoms with van der Waals surface area (Å²) in [5.74, 6) is 0.581. The number of amides is 4. The van der Waals surface area contributed by atoms with Crippen LogP contribution < -0.4 is 25.4 Å². The number of nitrogens with one attached hydrogen (secondary N) is 3. The highest BCUT2D eigenvalue weighted by Crippen LogP contribution is 2.40. The average Bonchev–Trinajstić information content (AvgIpc) is 4.11. The number of rotatable bonds is 16. The van der Waals surface area contributed by atoms with E-state index < -0.39 is 53.5 Å². The molecule has 1 fully saturated rings. The van der Waals surface area contributed by atoms with Crippen LogP contribution in [0.15, 0.2) is 83.3 Å². The second kappa shape index (κ2) is 21.7. The second-order valence-corrected chi connectivity index (χ2v) is 22.0. The number of nitrogens with zero attached hydrogens (tertiary/aromatic N) is 6. The van der Waals surface area contributed by atoms with E-state index >= 15 is 0 Å². The van der Waals surface area contributed by atoms with Gasteiger partial charge in [-0.15, -0.1) is 32.9 Å². The summed E-state index contributed by atoms with van der Waals surface area (Å²) < 4.78 is 13.9. The molecule has 4 amide bonds. The van der Waals surface area contributed by atoms with Crippen LogP contribution in [-0.4, -0.2) is 103 Å². The third-order valence-electron chi connectivity index (χ3n) is 12.9. The monoisotopic (exact) mass is 1030 g/mol. The van der Waals surface area contributed by atoms with Crippen LogP contribution in [0.2, 0.25) is 5.02 Å². The van der Waals surface area contributed by atoms with Crippen molar-refractivity contribution >= 4 is 63.6 Å². The molecule has 0 spiro atoms. The van der Waals surface area contributed by atoms with E-state index in [-0.39, 0.29) is 44.5 Å². The highest BCUT2D eigenvalue weighted by Gasteiger charge is 2.45. The highest BCUT2D eigenvalue weighted by atomic mass is 35.5. The molecular formula is C53H60ClN9O7S2. The number of aliphatic imine (C=N–C) groups is 1. The summed E-state index contributed by atoms with van der Waals surface area (Å²) in [7, 11) is 0. The number of aliphatic hydroxyl groups excluding tert-OH is 1. The topological polar surface area (TPSA) is 202 Å². The van der Waals surface area contributed by atoms with Gasteiger partial charge >= 0.3 is 0 Å². The minimum Gasteiger partial charge on any atom is -0.489 e. The summed E-state index contributed by atoms with van der Waals surface area (Å²) in [5, 5.41) is 30.0. The fourth-order valence-electron chi connectivity index (χ4n) is 8.89. The smallest absolute Gasteiger partial charge is 0.258 e. The lowest BCUT2D eigenvalue weighted by molar-refractivity contribution is -0.144. The molecule has 4 N–H and O–H groups in total. The van der Waals surface area contributed by atoms with Gasteiger partial charge in [0, 0.05) is 34.0 Å². The van der Waals surface area contributed by atoms with E-state index in [1.54, 1.807) is 46.9 Å². The Kier molecular flexibility index (Phi) is 15.6. The summed E-state index contributed by atoms with van der Waals surface area (Å²) in [6, 6.07) is 19.2. The zero-order valence-corrected chi connectivity index (χ0v) is 44.2. The fraction of sp³-hybridized carbons (Fsp3) is 0.396. The predicted octanol–water partition coefficient (Wildman–Crippen LogP) is 7.95. The number of hydrogen-bond acceptors (Lipinski definition) is 13. The number of carbonyl (C=O) groups excluding carboxylic acids is 4. The van der Waals surface area contributed by atoms with Gasteiger partial charge in [-0.25, -0.2) is 4.98 Å². The molecule has 19 heteroatoms. The minimum absolute atomic E-state index is 0.0309. The number of thiazole rings is 1. The zero-order valence-electron chi connectivity index (χ0n) is 41.8. The third-order valence-corrected chi connectivity index (χ3v) is 15.3. The number of aliphatic hydroxyl groups is 1. The molecule has 3 aromatic carbocycles. The SMILES string of the molecule is Cc1ncsc1-c1ccc([C@H](C)NC(=O)[C@@H]2C[C@@H](O)CN2C(=O)C(NC(=O)COc2ccc(O[C@@H](C)CNC(=O)C[C@@H]3N=C(c4ccc(Cl)cc4)c4c(sc(C)c4C)-n4c(C)nnc43)cc2)C(C)(C)C)cc1. The lowest BCUT2D eigenvalue weighted by Crippen LogP contribution is -2.58. The molecule has 2 aliphatic rings. The molecule has 16 nitrogen and oxygen atoms in total. The standard InChI is InChI=1S/C53H60ClN9O7S2/c1-28(24-55-43(65)23-41-49-61-60-33(6)63(49)52-45(29(2)32(5)72-52)46(58-41)35-14-16-37(54)17-15-35)70-40-20-18-39(19-21-40)69-26-44(66)59-48(53(7,8)9)51(68)62-25-38(64)22-42(62)50(67)57-30(3)34-10-12-36(13-11-34)47-31(4)56-27-71-47/h10-21,27-28,30,38,41-42,48,64H,22-26H2,1-9H3,(H,55,65)(H,57,67)(H,59,66)/t28-,30-,38+,41-,42-,48?/m0/s1. The molecule has 2 aliphatic heterocycles. The molecular weight excluding hydrogens is 974 g/mol. The van der Waals surface area contributed by atoms with Crippen LogP contribution in [0.5, 0.6) is 11.5 Å². The van der Waals surface area contributed by atoms with E-state index in [1.807, 2.05) is 107 Å². The van der Waals surface area contributed by atoms with Crippen LogP contribution in [0.1, 0.15) is 104 Å². The first-order chi connectivity index (χ1) is 34.2. The lowest BCUT2D eigenvalue weighted by atomic mass is 9.85. The Morgan fingerprint density at radius 3 is 2.24 bits per heavy atom. The van der Waals surface area contributed by atoms with E-state index in [2.05, 4.69) is 45.0 Å². The average molecular weight is 1030 g/mol. The lowest BCUT2D eigenvalue weighted by Gasteiger charge is -2.35. The Bertz CT molecular complexity index is 2980. The van der Waals surface area contributed by atoms with Crippen LogP contribution in [0, 0.1) is 33.1 Å². The van der Waals surface area contributed by atoms with Crippen molar-refractivity contribution in [3.8, 4) is 26.9 Å². The summed E-state index contributed by atoms with van der Waals surface area (Å²) >= 11 is 9.47. The summed E-state index contributed by atoms with van der Waals surface area (Å²) in [6.45, 7) is 17.0. The molecule has 72 heavy (non-hydrogen) atoms. The molecule has 378 valence electrons. The molecule has 8 rings (SSSR count). The maximum Gasteiger partial charge on any atom is 0.258 e. The fourth-order valence-corrected chi connectivity index (χ4v) is 11.0. The van der Waals surface area contributed by atoms with Gasteiger partial charge in [-0.1, -0.05) is 68.8 Å².